The first-order valence-electron chi connectivity index (χ1n) is 3.85. The summed E-state index contributed by atoms with van der Waals surface area (Å²) in [5.74, 6) is 0.562. The summed E-state index contributed by atoms with van der Waals surface area (Å²) in [5.41, 5.74) is 0.154. The van der Waals surface area contributed by atoms with E-state index in [1.165, 1.54) is 0 Å². The van der Waals surface area contributed by atoms with E-state index in [1.807, 2.05) is 13.8 Å². The fourth-order valence-electron chi connectivity index (χ4n) is 0.727. The molecule has 0 aromatic heterocycles. The van der Waals surface area contributed by atoms with Gasteiger partial charge in [-0.15, -0.1) is 0 Å². The van der Waals surface area contributed by atoms with Crippen LogP contribution in [0.3, 0.4) is 0 Å². The molecule has 60 valence electrons. The Morgan fingerprint density at radius 1 is 1.30 bits per heavy atom. The molecule has 0 atom stereocenters. The van der Waals surface area contributed by atoms with Crippen molar-refractivity contribution in [1.29, 1.82) is 0 Å². The summed E-state index contributed by atoms with van der Waals surface area (Å²) < 4.78 is 0. The molecule has 0 saturated carbocycles. The third-order valence-corrected chi connectivity index (χ3v) is 1.35. The number of ketones is 1. The Labute approximate surface area is 63.8 Å². The Morgan fingerprint density at radius 3 is 1.80 bits per heavy atom. The molecule has 0 radical (unpaired) electrons. The van der Waals surface area contributed by atoms with Gasteiger partial charge in [0.05, 0.1) is 0 Å². The Kier molecular flexibility index (Phi) is 3.07. The molecule has 0 rings (SSSR count). The van der Waals surface area contributed by atoms with Crippen LogP contribution in [0.4, 0.5) is 0 Å². The second-order valence-electron chi connectivity index (χ2n) is 4.36. The van der Waals surface area contributed by atoms with E-state index in [9.17, 15) is 4.79 Å². The van der Waals surface area contributed by atoms with Gasteiger partial charge in [-0.3, -0.25) is 4.79 Å². The maximum atomic E-state index is 11.2. The minimum Gasteiger partial charge on any atom is -0.299 e. The standard InChI is InChI=1S/C9H18O/c1-7(2)8(10)6-9(3,4)5/h7H,6H2,1-5H3. The first-order chi connectivity index (χ1) is 4.33. The van der Waals surface area contributed by atoms with Crippen LogP contribution >= 0.6 is 0 Å². The molecule has 10 heavy (non-hydrogen) atoms. The third-order valence-electron chi connectivity index (χ3n) is 1.35. The summed E-state index contributed by atoms with van der Waals surface area (Å²) in [7, 11) is 0. The molecule has 0 aliphatic rings. The Balaban J connectivity index is 3.81. The number of rotatable bonds is 2. The monoisotopic (exact) mass is 142 g/mol. The topological polar surface area (TPSA) is 17.1 Å². The Bertz CT molecular complexity index is 117. The minimum atomic E-state index is 0.154. The average molecular weight is 142 g/mol. The zero-order valence-electron chi connectivity index (χ0n) is 7.69. The third kappa shape index (κ3) is 4.54. The van der Waals surface area contributed by atoms with Crippen LogP contribution in [0.5, 0.6) is 0 Å². The molecule has 0 aliphatic carbocycles. The van der Waals surface area contributed by atoms with Gasteiger partial charge in [-0.05, 0) is 5.41 Å². The summed E-state index contributed by atoms with van der Waals surface area (Å²) in [6, 6.07) is 0. The van der Waals surface area contributed by atoms with Crippen molar-refractivity contribution in [2.45, 2.75) is 41.0 Å². The van der Waals surface area contributed by atoms with E-state index in [-0.39, 0.29) is 11.3 Å². The number of Topliss-reactive ketones (excluding diaryl/α,β-unsaturated/α-hetero) is 1. The van der Waals surface area contributed by atoms with Crippen LogP contribution in [0, 0.1) is 11.3 Å². The van der Waals surface area contributed by atoms with Gasteiger partial charge >= 0.3 is 0 Å². The summed E-state index contributed by atoms with van der Waals surface area (Å²) in [6.07, 6.45) is 0.699. The molecular formula is C9H18O. The molecule has 0 saturated heterocycles. The van der Waals surface area contributed by atoms with Gasteiger partial charge in [0, 0.05) is 12.3 Å². The van der Waals surface area contributed by atoms with E-state index >= 15 is 0 Å². The smallest absolute Gasteiger partial charge is 0.135 e. The maximum absolute atomic E-state index is 11.2. The van der Waals surface area contributed by atoms with E-state index in [0.29, 0.717) is 12.2 Å². The average Bonchev–Trinajstić information content (AvgIpc) is 1.60. The second-order valence-corrected chi connectivity index (χ2v) is 4.36. The lowest BCUT2D eigenvalue weighted by molar-refractivity contribution is -0.123. The van der Waals surface area contributed by atoms with Crippen molar-refractivity contribution in [2.75, 3.05) is 0 Å². The molecule has 0 bridgehead atoms. The van der Waals surface area contributed by atoms with E-state index in [1.54, 1.807) is 0 Å². The molecule has 0 fully saturated rings. The normalized spacial score (nSPS) is 12.2. The van der Waals surface area contributed by atoms with Gasteiger partial charge in [-0.25, -0.2) is 0 Å². The summed E-state index contributed by atoms with van der Waals surface area (Å²) in [4.78, 5) is 11.2. The predicted octanol–water partition coefficient (Wildman–Crippen LogP) is 2.65. The number of carbonyl (C=O) groups excluding carboxylic acids is 1. The Hall–Kier alpha value is -0.330. The van der Waals surface area contributed by atoms with Crippen molar-refractivity contribution in [3.05, 3.63) is 0 Å². The zero-order valence-corrected chi connectivity index (χ0v) is 7.69. The predicted molar refractivity (Wildman–Crippen MR) is 43.9 cm³/mol. The SMILES string of the molecule is CC(C)C(=O)CC(C)(C)C. The van der Waals surface area contributed by atoms with E-state index in [2.05, 4.69) is 20.8 Å². The summed E-state index contributed by atoms with van der Waals surface area (Å²) in [6.45, 7) is 10.2. The molecule has 0 N–H and O–H groups in total. The molecule has 0 spiro atoms. The highest BCUT2D eigenvalue weighted by Gasteiger charge is 2.17. The van der Waals surface area contributed by atoms with Crippen molar-refractivity contribution in [3.63, 3.8) is 0 Å². The van der Waals surface area contributed by atoms with E-state index in [4.69, 9.17) is 0 Å². The zero-order chi connectivity index (χ0) is 8.36. The van der Waals surface area contributed by atoms with Gasteiger partial charge in [-0.1, -0.05) is 34.6 Å². The summed E-state index contributed by atoms with van der Waals surface area (Å²) >= 11 is 0. The van der Waals surface area contributed by atoms with Crippen LogP contribution in [0.25, 0.3) is 0 Å². The minimum absolute atomic E-state index is 0.154. The van der Waals surface area contributed by atoms with Crippen LogP contribution < -0.4 is 0 Å². The molecule has 0 aromatic carbocycles. The van der Waals surface area contributed by atoms with Crippen molar-refractivity contribution < 1.29 is 4.79 Å². The van der Waals surface area contributed by atoms with Crippen LogP contribution in [0.1, 0.15) is 41.0 Å². The highest BCUT2D eigenvalue weighted by atomic mass is 16.1. The molecule has 0 aliphatic heterocycles. The highest BCUT2D eigenvalue weighted by molar-refractivity contribution is 5.80. The molecule has 0 heterocycles. The number of carbonyl (C=O) groups is 1. The van der Waals surface area contributed by atoms with Crippen LogP contribution in [0.15, 0.2) is 0 Å². The molecule has 0 unspecified atom stereocenters. The Morgan fingerprint density at radius 2 is 1.70 bits per heavy atom. The second kappa shape index (κ2) is 3.18. The maximum Gasteiger partial charge on any atom is 0.135 e. The molecular weight excluding hydrogens is 124 g/mol. The molecule has 0 aromatic rings. The van der Waals surface area contributed by atoms with Gasteiger partial charge in [0.25, 0.3) is 0 Å². The largest absolute Gasteiger partial charge is 0.299 e. The molecule has 1 heteroatoms. The van der Waals surface area contributed by atoms with Crippen molar-refractivity contribution >= 4 is 5.78 Å². The summed E-state index contributed by atoms with van der Waals surface area (Å²) in [5, 5.41) is 0. The van der Waals surface area contributed by atoms with Gasteiger partial charge < -0.3 is 0 Å². The van der Waals surface area contributed by atoms with Crippen LogP contribution in [-0.4, -0.2) is 5.78 Å². The lowest BCUT2D eigenvalue weighted by Crippen LogP contribution is -2.16. The van der Waals surface area contributed by atoms with Crippen molar-refractivity contribution in [3.8, 4) is 0 Å². The quantitative estimate of drug-likeness (QED) is 0.579. The lowest BCUT2D eigenvalue weighted by atomic mass is 9.87. The van der Waals surface area contributed by atoms with Crippen LogP contribution in [-0.2, 0) is 4.79 Å². The highest BCUT2D eigenvalue weighted by Crippen LogP contribution is 2.20. The number of hydrogen-bond donors (Lipinski definition) is 0. The first kappa shape index (κ1) is 9.67. The fourth-order valence-corrected chi connectivity index (χ4v) is 0.727. The van der Waals surface area contributed by atoms with Gasteiger partial charge in [0.1, 0.15) is 5.78 Å². The van der Waals surface area contributed by atoms with Gasteiger partial charge in [-0.2, -0.15) is 0 Å². The van der Waals surface area contributed by atoms with Crippen LogP contribution in [0.2, 0.25) is 0 Å². The van der Waals surface area contributed by atoms with Gasteiger partial charge in [0.15, 0.2) is 0 Å². The van der Waals surface area contributed by atoms with Gasteiger partial charge in [0.2, 0.25) is 0 Å². The van der Waals surface area contributed by atoms with Crippen molar-refractivity contribution in [1.82, 2.24) is 0 Å². The first-order valence-corrected chi connectivity index (χ1v) is 3.85. The van der Waals surface area contributed by atoms with E-state index < -0.39 is 0 Å². The van der Waals surface area contributed by atoms with Crippen molar-refractivity contribution in [2.24, 2.45) is 11.3 Å². The number of hydrogen-bond acceptors (Lipinski definition) is 1. The fraction of sp³-hybridized carbons (Fsp3) is 0.889. The lowest BCUT2D eigenvalue weighted by Gasteiger charge is -2.17. The molecule has 0 amide bonds. The molecule has 1 nitrogen and oxygen atoms in total. The van der Waals surface area contributed by atoms with E-state index in [0.717, 1.165) is 0 Å².